The van der Waals surface area contributed by atoms with Crippen molar-refractivity contribution in [1.82, 2.24) is 29.9 Å². The van der Waals surface area contributed by atoms with Crippen LogP contribution in [0.25, 0.3) is 0 Å². The van der Waals surface area contributed by atoms with Crippen LogP contribution in [0.4, 0.5) is 0 Å². The molecule has 3 rings (SSSR count). The Labute approximate surface area is 322 Å². The number of hydrogen-bond acceptors (Lipinski definition) is 16. The first kappa shape index (κ1) is 22.2. The van der Waals surface area contributed by atoms with E-state index in [1.54, 1.807) is 6.26 Å². The average molecular weight is 737 g/mol. The topological polar surface area (TPSA) is 192 Å². The second-order valence-corrected chi connectivity index (χ2v) is 9.77. The van der Waals surface area contributed by atoms with Gasteiger partial charge in [0.05, 0.1) is 60.8 Å². The summed E-state index contributed by atoms with van der Waals surface area (Å²) >= 11 is 13.7. The zero-order valence-corrected chi connectivity index (χ0v) is 27.1. The number of sulfone groups is 1. The van der Waals surface area contributed by atoms with E-state index in [1.807, 2.05) is 6.26 Å². The van der Waals surface area contributed by atoms with E-state index in [-0.39, 0.29) is 61.3 Å². The van der Waals surface area contributed by atoms with Crippen LogP contribution >= 0.6 is 46.7 Å². The fraction of sp³-hybridized carbons (Fsp3) is 0.478. The summed E-state index contributed by atoms with van der Waals surface area (Å²) in [4.78, 5) is 22.1. The molecular weight excluding hydrogens is 678 g/mol. The minimum absolute atomic E-state index is 0. The largest absolute Gasteiger partial charge is 1.00 e. The first-order valence-corrected chi connectivity index (χ1v) is 14.1. The maximum atomic E-state index is 11.4. The van der Waals surface area contributed by atoms with Crippen LogP contribution < -0.4 is 53.6 Å². The first-order chi connectivity index (χ1) is 26.1. The molecule has 0 bridgehead atoms. The van der Waals surface area contributed by atoms with Crippen LogP contribution in [0.2, 0.25) is 10.3 Å². The Morgan fingerprint density at radius 2 is 1.12 bits per heavy atom. The SMILES string of the molecule is C.C.CSc1nc(Cl)cc(Cl)n1.[2H]C([2H])([2H])Oc1cc(OC([2H])([2H])[2H])nc(S(C)(=O)=O)n1.[2H]C([2H])([2H])Oc1cc(OC([2H])([2H])[2H])nc(SC)n1.[2H]C([2H])([2H])[O-].[2H]OC([2H])([2H])[2H].[Na+]. The van der Waals surface area contributed by atoms with Crippen molar-refractivity contribution in [2.45, 2.75) is 30.3 Å². The van der Waals surface area contributed by atoms with E-state index in [9.17, 15) is 8.42 Å². The Morgan fingerprint density at radius 3 is 1.40 bits per heavy atom. The van der Waals surface area contributed by atoms with E-state index in [1.165, 1.54) is 17.8 Å². The average Bonchev–Trinajstić information content (AvgIpc) is 2.96. The van der Waals surface area contributed by atoms with E-state index >= 15 is 0 Å². The molecule has 0 aromatic carbocycles. The molecule has 0 aliphatic carbocycles. The van der Waals surface area contributed by atoms with E-state index in [0.29, 0.717) is 15.5 Å². The molecular formula is C23H39Cl2N6NaO8S3. The fourth-order valence-electron chi connectivity index (χ4n) is 1.70. The van der Waals surface area contributed by atoms with E-state index in [2.05, 4.69) is 54.0 Å². The monoisotopic (exact) mass is 735 g/mol. The standard InChI is InChI=1S/C7H10N2O4S.C7H10N2O2S.C5H4Cl2N2S.CH4O.CH3O.2CH4.Na/c1-12-5-4-6(13-2)9-7(8-5)14(3,10)11;1-10-5-4-6(11-2)9-7(8-5)12-3;1-10-5-8-3(6)2-4(7)9-5;2*1-2;;;/h4H,1-3H3;4H,1-3H3;2H,1H3;2H,1H3;1H3;2*1H4;/q;;;;-1;;;+1/i2*1D3,2D3;;1D3,2D;1D3;;;. The molecule has 0 radical (unpaired) electrons. The third-order valence-electron chi connectivity index (χ3n) is 3.08. The number of aliphatic hydroxyl groups is 1. The van der Waals surface area contributed by atoms with Gasteiger partial charge in [0.1, 0.15) is 10.3 Å². The van der Waals surface area contributed by atoms with Gasteiger partial charge in [0.2, 0.25) is 34.8 Å². The van der Waals surface area contributed by atoms with Gasteiger partial charge in [-0.25, -0.2) is 18.4 Å². The molecule has 43 heavy (non-hydrogen) atoms. The molecule has 3 aromatic rings. The summed E-state index contributed by atoms with van der Waals surface area (Å²) in [6.07, 6.45) is 4.27. The molecule has 0 amide bonds. The molecule has 0 unspecified atom stereocenters. The molecule has 0 aliphatic heterocycles. The smallest absolute Gasteiger partial charge is 0.857 e. The number of rotatable bonds is 7. The van der Waals surface area contributed by atoms with Crippen molar-refractivity contribution in [2.75, 3.05) is 61.0 Å². The van der Waals surface area contributed by atoms with Crippen LogP contribution in [0.5, 0.6) is 23.5 Å². The van der Waals surface area contributed by atoms with Crippen LogP contribution in [0.1, 0.15) is 39.5 Å². The third kappa shape index (κ3) is 21.9. The van der Waals surface area contributed by atoms with Gasteiger partial charge in [-0.1, -0.05) is 61.6 Å². The molecule has 0 saturated heterocycles. The predicted molar refractivity (Wildman–Crippen MR) is 167 cm³/mol. The van der Waals surface area contributed by atoms with Gasteiger partial charge in [-0.3, -0.25) is 0 Å². The van der Waals surface area contributed by atoms with Crippen LogP contribution in [0.15, 0.2) is 33.7 Å². The number of aromatic nitrogens is 6. The van der Waals surface area contributed by atoms with Crippen molar-refractivity contribution in [3.8, 4) is 23.5 Å². The van der Waals surface area contributed by atoms with Crippen LogP contribution in [-0.4, -0.2) is 106 Å². The van der Waals surface area contributed by atoms with Crippen molar-refractivity contribution in [3.63, 3.8) is 0 Å². The summed E-state index contributed by atoms with van der Waals surface area (Å²) in [5, 5.41) is 13.0. The first-order valence-electron chi connectivity index (χ1n) is 18.4. The maximum absolute atomic E-state index is 11.4. The number of hydrogen-bond donors (Lipinski definition) is 1. The van der Waals surface area contributed by atoms with Gasteiger partial charge in [0, 0.05) is 23.5 Å². The van der Waals surface area contributed by atoms with Crippen molar-refractivity contribution in [3.05, 3.63) is 28.5 Å². The minimum Gasteiger partial charge on any atom is -0.857 e. The van der Waals surface area contributed by atoms with Gasteiger partial charge in [-0.05, 0) is 12.5 Å². The number of nitrogens with zero attached hydrogens (tertiary/aromatic N) is 6. The zero-order valence-electron chi connectivity index (χ0n) is 40.2. The molecule has 20 heteroatoms. The normalized spacial score (nSPS) is 17.1. The maximum Gasteiger partial charge on any atom is 1.00 e. The molecule has 0 fully saturated rings. The van der Waals surface area contributed by atoms with Crippen molar-refractivity contribution >= 4 is 56.6 Å². The van der Waals surface area contributed by atoms with Gasteiger partial charge in [0.15, 0.2) is 10.3 Å². The summed E-state index contributed by atoms with van der Waals surface area (Å²) in [6, 6.07) is 3.29. The van der Waals surface area contributed by atoms with E-state index in [0.717, 1.165) is 30.2 Å². The van der Waals surface area contributed by atoms with Crippen molar-refractivity contribution in [1.29, 1.82) is 1.43 Å². The van der Waals surface area contributed by atoms with Crippen molar-refractivity contribution in [2.24, 2.45) is 0 Å². The number of halogens is 2. The quantitative estimate of drug-likeness (QED) is 0.152. The summed E-state index contributed by atoms with van der Waals surface area (Å²) in [7, 11) is -20.6. The van der Waals surface area contributed by atoms with Crippen LogP contribution in [0, 0.1) is 0 Å². The van der Waals surface area contributed by atoms with Gasteiger partial charge in [0.25, 0.3) is 5.16 Å². The summed E-state index contributed by atoms with van der Waals surface area (Å²) < 4.78 is 165. The summed E-state index contributed by atoms with van der Waals surface area (Å²) in [6.45, 7) is 0. The number of methoxy groups -OCH3 is 4. The molecule has 3 aromatic heterocycles. The van der Waals surface area contributed by atoms with Gasteiger partial charge in [-0.2, -0.15) is 27.0 Å². The zero-order chi connectivity index (χ0) is 47.0. The molecule has 1 N–H and O–H groups in total. The number of ether oxygens (including phenoxy) is 4. The molecule has 0 saturated carbocycles. The Balaban J connectivity index is -0.000000235. The fourth-order valence-corrected chi connectivity index (χ4v) is 3.47. The van der Waals surface area contributed by atoms with Gasteiger partial charge in [-0.15, -0.1) is 0 Å². The molecule has 0 aliphatic rings. The molecule has 0 atom stereocenters. The minimum atomic E-state index is -3.91. The molecule has 14 nitrogen and oxygen atoms in total. The van der Waals surface area contributed by atoms with Gasteiger partial charge < -0.3 is 29.2 Å². The number of thioether (sulfide) groups is 2. The van der Waals surface area contributed by atoms with E-state index in [4.69, 9.17) is 54.4 Å². The predicted octanol–water partition coefficient (Wildman–Crippen LogP) is 0.480. The Kier molecular flexibility index (Phi) is 15.1. The Bertz CT molecular complexity index is 1770. The van der Waals surface area contributed by atoms with E-state index < -0.39 is 69.0 Å². The Hall–Kier alpha value is -1.41. The van der Waals surface area contributed by atoms with Crippen LogP contribution in [0.3, 0.4) is 0 Å². The third-order valence-corrected chi connectivity index (χ3v) is 5.40. The summed E-state index contributed by atoms with van der Waals surface area (Å²) in [5.74, 6) is -1.82. The van der Waals surface area contributed by atoms with Gasteiger partial charge >= 0.3 is 29.6 Å². The molecule has 242 valence electrons. The molecule has 0 spiro atoms. The molecule has 3 heterocycles. The van der Waals surface area contributed by atoms with Crippen molar-refractivity contribution < 1.29 is 91.8 Å². The van der Waals surface area contributed by atoms with Crippen LogP contribution in [-0.2, 0) is 9.84 Å². The second kappa shape index (κ2) is 29.3. The summed E-state index contributed by atoms with van der Waals surface area (Å²) in [5.41, 5.74) is 0. The second-order valence-electron chi connectivity index (χ2n) is 5.54. The Morgan fingerprint density at radius 1 is 0.791 bits per heavy atom.